The van der Waals surface area contributed by atoms with Crippen molar-refractivity contribution in [3.05, 3.63) is 35.7 Å². The molecule has 0 fully saturated rings. The largest absolute Gasteiger partial charge is 0.406 e. The maximum absolute atomic E-state index is 5.83. The predicted molar refractivity (Wildman–Crippen MR) is 82.6 cm³/mol. The molecule has 1 unspecified atom stereocenters. The number of benzene rings is 1. The van der Waals surface area contributed by atoms with Crippen LogP contribution in [0.2, 0.25) is 0 Å². The van der Waals surface area contributed by atoms with Crippen LogP contribution < -0.4 is 10.2 Å². The molecule has 5 nitrogen and oxygen atoms in total. The molecule has 2 heterocycles. The van der Waals surface area contributed by atoms with Crippen LogP contribution in [0.1, 0.15) is 39.1 Å². The van der Waals surface area contributed by atoms with Crippen molar-refractivity contribution in [2.24, 2.45) is 0 Å². The lowest BCUT2D eigenvalue weighted by molar-refractivity contribution is 0.381. The Balaban J connectivity index is 1.80. The van der Waals surface area contributed by atoms with Crippen LogP contribution in [0, 0.1) is 0 Å². The molecule has 112 valence electrons. The predicted octanol–water partition coefficient (Wildman–Crippen LogP) is 3.04. The lowest BCUT2D eigenvalue weighted by Gasteiger charge is -2.20. The lowest BCUT2D eigenvalue weighted by atomic mass is 10.1. The number of fused-ring (bicyclic) bond motifs is 1. The molecule has 1 aliphatic heterocycles. The van der Waals surface area contributed by atoms with Crippen LogP contribution in [0.5, 0.6) is 0 Å². The van der Waals surface area contributed by atoms with E-state index < -0.39 is 0 Å². The third-order valence-electron chi connectivity index (χ3n) is 3.64. The van der Waals surface area contributed by atoms with E-state index in [9.17, 15) is 0 Å². The van der Waals surface area contributed by atoms with E-state index in [0.29, 0.717) is 24.5 Å². The molecule has 0 aliphatic carbocycles. The van der Waals surface area contributed by atoms with Gasteiger partial charge in [-0.2, -0.15) is 0 Å². The summed E-state index contributed by atoms with van der Waals surface area (Å²) in [5, 5.41) is 11.7. The first-order chi connectivity index (χ1) is 9.94. The molecule has 1 aliphatic rings. The van der Waals surface area contributed by atoms with Gasteiger partial charge in [-0.1, -0.05) is 23.3 Å². The number of nitrogens with one attached hydrogen (secondary N) is 1. The Morgan fingerprint density at radius 2 is 2.05 bits per heavy atom. The van der Waals surface area contributed by atoms with Crippen LogP contribution in [0.15, 0.2) is 28.7 Å². The van der Waals surface area contributed by atoms with Crippen molar-refractivity contribution in [1.29, 1.82) is 0 Å². The van der Waals surface area contributed by atoms with Gasteiger partial charge in [-0.25, -0.2) is 0 Å². The first-order valence-corrected chi connectivity index (χ1v) is 7.38. The average Bonchev–Trinajstić information content (AvgIpc) is 2.98. The van der Waals surface area contributed by atoms with E-state index in [4.69, 9.17) is 4.42 Å². The van der Waals surface area contributed by atoms with Gasteiger partial charge in [0.25, 0.3) is 0 Å². The van der Waals surface area contributed by atoms with E-state index in [0.717, 1.165) is 6.42 Å². The monoisotopic (exact) mass is 286 g/mol. The van der Waals surface area contributed by atoms with Crippen molar-refractivity contribution in [2.75, 3.05) is 4.90 Å². The number of nitrogens with zero attached hydrogens (tertiary/aromatic N) is 3. The van der Waals surface area contributed by atoms with Gasteiger partial charge in [0.05, 0.1) is 6.54 Å². The summed E-state index contributed by atoms with van der Waals surface area (Å²) >= 11 is 0. The fourth-order valence-electron chi connectivity index (χ4n) is 2.61. The zero-order chi connectivity index (χ0) is 15.0. The fourth-order valence-corrected chi connectivity index (χ4v) is 2.61. The van der Waals surface area contributed by atoms with Crippen molar-refractivity contribution >= 4 is 11.7 Å². The highest BCUT2D eigenvalue weighted by molar-refractivity contribution is 5.66. The Bertz CT molecular complexity index is 629. The van der Waals surface area contributed by atoms with E-state index in [-0.39, 0.29) is 5.54 Å². The maximum atomic E-state index is 5.83. The molecule has 0 amide bonds. The van der Waals surface area contributed by atoms with Crippen molar-refractivity contribution in [1.82, 2.24) is 15.5 Å². The third-order valence-corrected chi connectivity index (χ3v) is 3.64. The molecular formula is C16H22N4O. The summed E-state index contributed by atoms with van der Waals surface area (Å²) in [6, 6.07) is 9.30. The Morgan fingerprint density at radius 3 is 2.81 bits per heavy atom. The first kappa shape index (κ1) is 14.1. The minimum atomic E-state index is 0.0299. The standard InChI is InChI=1S/C16H22N4O/c1-11-9-12-7-5-6-8-13(12)20(11)15-19-18-14(21-15)10-17-16(2,3)4/h5-8,11,17H,9-10H2,1-4H3. The SMILES string of the molecule is CC1Cc2ccccc2N1c1nnc(CNC(C)(C)C)o1. The summed E-state index contributed by atoms with van der Waals surface area (Å²) in [5.74, 6) is 0.622. The molecular weight excluding hydrogens is 264 g/mol. The summed E-state index contributed by atoms with van der Waals surface area (Å²) in [5.41, 5.74) is 2.53. The van der Waals surface area contributed by atoms with Crippen molar-refractivity contribution < 1.29 is 4.42 Å². The second-order valence-corrected chi connectivity index (χ2v) is 6.63. The highest BCUT2D eigenvalue weighted by Crippen LogP contribution is 2.37. The first-order valence-electron chi connectivity index (χ1n) is 7.38. The number of para-hydroxylation sites is 1. The summed E-state index contributed by atoms with van der Waals surface area (Å²) in [6.07, 6.45) is 1.01. The molecule has 3 rings (SSSR count). The summed E-state index contributed by atoms with van der Waals surface area (Å²) < 4.78 is 5.83. The average molecular weight is 286 g/mol. The van der Waals surface area contributed by atoms with Gasteiger partial charge in [0, 0.05) is 17.3 Å². The minimum absolute atomic E-state index is 0.0299. The quantitative estimate of drug-likeness (QED) is 0.940. The van der Waals surface area contributed by atoms with Gasteiger partial charge < -0.3 is 9.73 Å². The van der Waals surface area contributed by atoms with Crippen LogP contribution >= 0.6 is 0 Å². The number of hydrogen-bond donors (Lipinski definition) is 1. The molecule has 5 heteroatoms. The van der Waals surface area contributed by atoms with Gasteiger partial charge in [0.1, 0.15) is 0 Å². The molecule has 0 spiro atoms. The van der Waals surface area contributed by atoms with Crippen molar-refractivity contribution in [2.45, 2.75) is 52.2 Å². The zero-order valence-corrected chi connectivity index (χ0v) is 13.1. The number of anilines is 2. The zero-order valence-electron chi connectivity index (χ0n) is 13.1. The van der Waals surface area contributed by atoms with Crippen LogP contribution in [0.3, 0.4) is 0 Å². The summed E-state index contributed by atoms with van der Waals surface area (Å²) in [4.78, 5) is 2.13. The van der Waals surface area contributed by atoms with Crippen LogP contribution in [0.4, 0.5) is 11.7 Å². The second-order valence-electron chi connectivity index (χ2n) is 6.63. The molecule has 1 aromatic heterocycles. The van der Waals surface area contributed by atoms with Gasteiger partial charge in [0.2, 0.25) is 5.89 Å². The Hall–Kier alpha value is -1.88. The van der Waals surface area contributed by atoms with Gasteiger partial charge in [-0.15, -0.1) is 5.10 Å². The third kappa shape index (κ3) is 2.93. The van der Waals surface area contributed by atoms with Crippen LogP contribution in [-0.2, 0) is 13.0 Å². The number of rotatable bonds is 3. The fraction of sp³-hybridized carbons (Fsp3) is 0.500. The van der Waals surface area contributed by atoms with Crippen LogP contribution in [-0.4, -0.2) is 21.8 Å². The molecule has 0 saturated heterocycles. The molecule has 0 radical (unpaired) electrons. The van der Waals surface area contributed by atoms with E-state index in [1.165, 1.54) is 11.3 Å². The van der Waals surface area contributed by atoms with Crippen molar-refractivity contribution in [3.63, 3.8) is 0 Å². The molecule has 0 saturated carbocycles. The van der Waals surface area contributed by atoms with E-state index in [1.54, 1.807) is 0 Å². The molecule has 1 aromatic carbocycles. The highest BCUT2D eigenvalue weighted by Gasteiger charge is 2.30. The molecule has 2 aromatic rings. The van der Waals surface area contributed by atoms with E-state index >= 15 is 0 Å². The van der Waals surface area contributed by atoms with Gasteiger partial charge in [-0.05, 0) is 45.7 Å². The van der Waals surface area contributed by atoms with Crippen molar-refractivity contribution in [3.8, 4) is 0 Å². The van der Waals surface area contributed by atoms with Crippen LogP contribution in [0.25, 0.3) is 0 Å². The van der Waals surface area contributed by atoms with E-state index in [2.05, 4.69) is 66.3 Å². The lowest BCUT2D eigenvalue weighted by Crippen LogP contribution is -2.35. The smallest absolute Gasteiger partial charge is 0.323 e. The highest BCUT2D eigenvalue weighted by atomic mass is 16.4. The molecule has 21 heavy (non-hydrogen) atoms. The van der Waals surface area contributed by atoms with Gasteiger partial charge >= 0.3 is 6.01 Å². The van der Waals surface area contributed by atoms with E-state index in [1.807, 2.05) is 6.07 Å². The topological polar surface area (TPSA) is 54.2 Å². The van der Waals surface area contributed by atoms with Gasteiger partial charge in [0.15, 0.2) is 0 Å². The molecule has 0 bridgehead atoms. The molecule has 1 atom stereocenters. The van der Waals surface area contributed by atoms with Gasteiger partial charge in [-0.3, -0.25) is 4.90 Å². The molecule has 1 N–H and O–H groups in total. The Kier molecular flexibility index (Phi) is 3.45. The maximum Gasteiger partial charge on any atom is 0.323 e. The Labute approximate surface area is 125 Å². The minimum Gasteiger partial charge on any atom is -0.406 e. The number of hydrogen-bond acceptors (Lipinski definition) is 5. The Morgan fingerprint density at radius 1 is 1.29 bits per heavy atom. The normalized spacial score (nSPS) is 18.1. The summed E-state index contributed by atoms with van der Waals surface area (Å²) in [6.45, 7) is 9.10. The second kappa shape index (κ2) is 5.15. The summed E-state index contributed by atoms with van der Waals surface area (Å²) in [7, 11) is 0. The number of aromatic nitrogens is 2.